The van der Waals surface area contributed by atoms with Crippen LogP contribution < -0.4 is 11.1 Å². The molecule has 0 atom stereocenters. The van der Waals surface area contributed by atoms with Crippen molar-refractivity contribution >= 4 is 11.4 Å². The normalized spacial score (nSPS) is 15.8. The van der Waals surface area contributed by atoms with Gasteiger partial charge in [-0.2, -0.15) is 0 Å². The fraction of sp³-hybridized carbons (Fsp3) is 0.368. The molecule has 0 aliphatic heterocycles. The molecule has 3 rings (SSSR count). The second-order valence-electron chi connectivity index (χ2n) is 6.05. The zero-order valence-electron chi connectivity index (χ0n) is 12.5. The third kappa shape index (κ3) is 3.57. The summed E-state index contributed by atoms with van der Waals surface area (Å²) in [5.74, 6) is 0.812. The highest BCUT2D eigenvalue weighted by Crippen LogP contribution is 2.28. The standard InChI is InChI=1S/C19H24N2/c20-18-13-17(16-9-5-2-6-10-16)11-12-19(18)21-14-15-7-3-1-4-8-15/h2,5-6,9-13,15,21H,1,3-4,7-8,14,20H2. The molecule has 0 amide bonds. The number of benzene rings is 2. The van der Waals surface area contributed by atoms with Gasteiger partial charge in [0.25, 0.3) is 0 Å². The van der Waals surface area contributed by atoms with Gasteiger partial charge in [-0.25, -0.2) is 0 Å². The van der Waals surface area contributed by atoms with Gasteiger partial charge < -0.3 is 11.1 Å². The second-order valence-corrected chi connectivity index (χ2v) is 6.05. The molecule has 2 aromatic rings. The molecular weight excluding hydrogens is 256 g/mol. The van der Waals surface area contributed by atoms with E-state index in [9.17, 15) is 0 Å². The van der Waals surface area contributed by atoms with Crippen LogP contribution in [0.4, 0.5) is 11.4 Å². The summed E-state index contributed by atoms with van der Waals surface area (Å²) < 4.78 is 0. The van der Waals surface area contributed by atoms with Gasteiger partial charge >= 0.3 is 0 Å². The van der Waals surface area contributed by atoms with Crippen molar-refractivity contribution in [3.05, 3.63) is 48.5 Å². The molecule has 0 bridgehead atoms. The van der Waals surface area contributed by atoms with Crippen LogP contribution in [0.3, 0.4) is 0 Å². The zero-order valence-corrected chi connectivity index (χ0v) is 12.5. The third-order valence-electron chi connectivity index (χ3n) is 4.46. The smallest absolute Gasteiger partial charge is 0.0574 e. The van der Waals surface area contributed by atoms with Crippen LogP contribution in [-0.4, -0.2) is 6.54 Å². The monoisotopic (exact) mass is 280 g/mol. The van der Waals surface area contributed by atoms with Crippen molar-refractivity contribution in [2.45, 2.75) is 32.1 Å². The van der Waals surface area contributed by atoms with E-state index < -0.39 is 0 Å². The average Bonchev–Trinajstić information content (AvgIpc) is 2.55. The van der Waals surface area contributed by atoms with Gasteiger partial charge in [0.2, 0.25) is 0 Å². The molecule has 110 valence electrons. The third-order valence-corrected chi connectivity index (χ3v) is 4.46. The fourth-order valence-corrected chi connectivity index (χ4v) is 3.18. The van der Waals surface area contributed by atoms with E-state index in [-0.39, 0.29) is 0 Å². The van der Waals surface area contributed by atoms with E-state index in [0.717, 1.165) is 23.8 Å². The Hall–Kier alpha value is -1.96. The van der Waals surface area contributed by atoms with Gasteiger partial charge in [0, 0.05) is 6.54 Å². The van der Waals surface area contributed by atoms with Crippen molar-refractivity contribution in [1.29, 1.82) is 0 Å². The van der Waals surface area contributed by atoms with Crippen molar-refractivity contribution in [2.75, 3.05) is 17.6 Å². The van der Waals surface area contributed by atoms with Crippen LogP contribution in [0.1, 0.15) is 32.1 Å². The molecular formula is C19H24N2. The fourth-order valence-electron chi connectivity index (χ4n) is 3.18. The first-order valence-corrected chi connectivity index (χ1v) is 8.02. The minimum Gasteiger partial charge on any atom is -0.397 e. The van der Waals surface area contributed by atoms with Crippen molar-refractivity contribution in [2.24, 2.45) is 5.92 Å². The molecule has 3 N–H and O–H groups in total. The molecule has 0 aromatic heterocycles. The minimum absolute atomic E-state index is 0.812. The first-order valence-electron chi connectivity index (χ1n) is 8.02. The first-order chi connectivity index (χ1) is 10.3. The van der Waals surface area contributed by atoms with E-state index in [2.05, 4.69) is 47.8 Å². The molecule has 1 fully saturated rings. The summed E-state index contributed by atoms with van der Waals surface area (Å²) in [6.07, 6.45) is 6.89. The average molecular weight is 280 g/mol. The highest BCUT2D eigenvalue weighted by molar-refractivity contribution is 5.75. The maximum absolute atomic E-state index is 6.21. The second kappa shape index (κ2) is 6.66. The molecule has 0 saturated heterocycles. The highest BCUT2D eigenvalue weighted by Gasteiger charge is 2.13. The molecule has 21 heavy (non-hydrogen) atoms. The molecule has 2 aromatic carbocycles. The van der Waals surface area contributed by atoms with Gasteiger partial charge in [0.1, 0.15) is 0 Å². The van der Waals surface area contributed by atoms with Crippen molar-refractivity contribution in [3.8, 4) is 11.1 Å². The first kappa shape index (κ1) is 14.0. The Morgan fingerprint density at radius 2 is 1.67 bits per heavy atom. The van der Waals surface area contributed by atoms with Gasteiger partial charge in [0.05, 0.1) is 11.4 Å². The van der Waals surface area contributed by atoms with Crippen molar-refractivity contribution in [3.63, 3.8) is 0 Å². The minimum atomic E-state index is 0.812. The van der Waals surface area contributed by atoms with E-state index in [1.165, 1.54) is 43.2 Å². The van der Waals surface area contributed by atoms with Gasteiger partial charge in [0.15, 0.2) is 0 Å². The molecule has 0 spiro atoms. The van der Waals surface area contributed by atoms with E-state index in [4.69, 9.17) is 5.73 Å². The maximum Gasteiger partial charge on any atom is 0.0574 e. The number of hydrogen-bond donors (Lipinski definition) is 2. The predicted molar refractivity (Wildman–Crippen MR) is 91.4 cm³/mol. The van der Waals surface area contributed by atoms with Gasteiger partial charge in [-0.3, -0.25) is 0 Å². The van der Waals surface area contributed by atoms with E-state index in [1.807, 2.05) is 6.07 Å². The van der Waals surface area contributed by atoms with Crippen LogP contribution in [0, 0.1) is 5.92 Å². The van der Waals surface area contributed by atoms with E-state index >= 15 is 0 Å². The van der Waals surface area contributed by atoms with Crippen LogP contribution in [-0.2, 0) is 0 Å². The van der Waals surface area contributed by atoms with Crippen LogP contribution in [0.15, 0.2) is 48.5 Å². The summed E-state index contributed by atoms with van der Waals surface area (Å²) in [6.45, 7) is 1.05. The number of anilines is 2. The quantitative estimate of drug-likeness (QED) is 0.779. The summed E-state index contributed by atoms with van der Waals surface area (Å²) in [6, 6.07) is 16.7. The summed E-state index contributed by atoms with van der Waals surface area (Å²) in [5.41, 5.74) is 10.5. The zero-order chi connectivity index (χ0) is 14.5. The number of nitrogens with two attached hydrogens (primary N) is 1. The number of nitrogens with one attached hydrogen (secondary N) is 1. The molecule has 2 nitrogen and oxygen atoms in total. The van der Waals surface area contributed by atoms with Crippen LogP contribution in [0.2, 0.25) is 0 Å². The molecule has 1 saturated carbocycles. The number of nitrogen functional groups attached to an aromatic ring is 1. The van der Waals surface area contributed by atoms with E-state index in [1.54, 1.807) is 0 Å². The van der Waals surface area contributed by atoms with Crippen LogP contribution >= 0.6 is 0 Å². The largest absolute Gasteiger partial charge is 0.397 e. The van der Waals surface area contributed by atoms with Crippen LogP contribution in [0.25, 0.3) is 11.1 Å². The lowest BCUT2D eigenvalue weighted by molar-refractivity contribution is 0.373. The SMILES string of the molecule is Nc1cc(-c2ccccc2)ccc1NCC1CCCCC1. The lowest BCUT2D eigenvalue weighted by Crippen LogP contribution is -2.17. The van der Waals surface area contributed by atoms with Gasteiger partial charge in [-0.15, -0.1) is 0 Å². The van der Waals surface area contributed by atoms with Gasteiger partial charge in [-0.05, 0) is 42.0 Å². The summed E-state index contributed by atoms with van der Waals surface area (Å²) in [4.78, 5) is 0. The number of hydrogen-bond acceptors (Lipinski definition) is 2. The predicted octanol–water partition coefficient (Wildman–Crippen LogP) is 4.93. The summed E-state index contributed by atoms with van der Waals surface area (Å²) >= 11 is 0. The summed E-state index contributed by atoms with van der Waals surface area (Å²) in [5, 5.41) is 3.54. The molecule has 2 heteroatoms. The Morgan fingerprint density at radius 3 is 2.38 bits per heavy atom. The van der Waals surface area contributed by atoms with Crippen molar-refractivity contribution < 1.29 is 0 Å². The Labute approximate surface area is 127 Å². The maximum atomic E-state index is 6.21. The van der Waals surface area contributed by atoms with Gasteiger partial charge in [-0.1, -0.05) is 55.7 Å². The highest BCUT2D eigenvalue weighted by atomic mass is 14.9. The molecule has 0 unspecified atom stereocenters. The summed E-state index contributed by atoms with van der Waals surface area (Å²) in [7, 11) is 0. The lowest BCUT2D eigenvalue weighted by atomic mass is 9.89. The molecule has 0 heterocycles. The molecule has 0 radical (unpaired) electrons. The Morgan fingerprint density at radius 1 is 0.905 bits per heavy atom. The van der Waals surface area contributed by atoms with E-state index in [0.29, 0.717) is 0 Å². The Balaban J connectivity index is 1.67. The molecule has 1 aliphatic carbocycles. The topological polar surface area (TPSA) is 38.0 Å². The molecule has 1 aliphatic rings. The number of rotatable bonds is 4. The Bertz CT molecular complexity index is 571. The lowest BCUT2D eigenvalue weighted by Gasteiger charge is -2.22. The Kier molecular flexibility index (Phi) is 4.44. The van der Waals surface area contributed by atoms with Crippen LogP contribution in [0.5, 0.6) is 0 Å². The van der Waals surface area contributed by atoms with Crippen molar-refractivity contribution in [1.82, 2.24) is 0 Å².